The highest BCUT2D eigenvalue weighted by Gasteiger charge is 2.33. The number of piperazine rings is 1. The zero-order valence-electron chi connectivity index (χ0n) is 12.8. The molecule has 1 aliphatic heterocycles. The fraction of sp³-hybridized carbons (Fsp3) is 0.625. The van der Waals surface area contributed by atoms with E-state index in [1.165, 1.54) is 19.3 Å². The third-order valence-electron chi connectivity index (χ3n) is 4.54. The Balaban J connectivity index is 0.00000121. The first kappa shape index (κ1) is 20.0. The van der Waals surface area contributed by atoms with Crippen molar-refractivity contribution in [3.63, 3.8) is 0 Å². The molecule has 1 heterocycles. The Hall–Kier alpha value is -0.000000000000000111. The number of benzene rings is 1. The van der Waals surface area contributed by atoms with E-state index in [2.05, 4.69) is 32.2 Å². The van der Waals surface area contributed by atoms with Crippen molar-refractivity contribution >= 4 is 40.7 Å². The fourth-order valence-corrected chi connectivity index (χ4v) is 3.71. The van der Waals surface area contributed by atoms with Crippen LogP contribution in [0.4, 0.5) is 0 Å². The molecule has 126 valence electrons. The summed E-state index contributed by atoms with van der Waals surface area (Å²) in [5, 5.41) is 14.0. The van der Waals surface area contributed by atoms with Crippen LogP contribution in [0, 0.1) is 12.8 Å². The molecule has 1 atom stereocenters. The molecule has 3 nitrogen and oxygen atoms in total. The summed E-state index contributed by atoms with van der Waals surface area (Å²) in [6.45, 7) is 6.21. The summed E-state index contributed by atoms with van der Waals surface area (Å²) in [6, 6.07) is 4.40. The van der Waals surface area contributed by atoms with Crippen molar-refractivity contribution in [1.82, 2.24) is 10.2 Å². The van der Waals surface area contributed by atoms with Crippen LogP contribution in [-0.4, -0.2) is 36.2 Å². The zero-order chi connectivity index (χ0) is 14.1. The Labute approximate surface area is 153 Å². The first-order chi connectivity index (χ1) is 9.66. The SMILES string of the molecule is Cc1ccc(Br)c([C@H](CC2CC2)N2CCNCC2)c1O.Cl.Cl. The molecule has 1 aromatic carbocycles. The van der Waals surface area contributed by atoms with E-state index in [0.717, 1.165) is 47.7 Å². The molecule has 1 aliphatic carbocycles. The minimum Gasteiger partial charge on any atom is -0.507 e. The molecule has 3 rings (SSSR count). The second-order valence-corrected chi connectivity index (χ2v) is 6.96. The van der Waals surface area contributed by atoms with Crippen LogP contribution in [0.3, 0.4) is 0 Å². The highest BCUT2D eigenvalue weighted by molar-refractivity contribution is 9.10. The topological polar surface area (TPSA) is 35.5 Å². The van der Waals surface area contributed by atoms with Crippen molar-refractivity contribution in [2.75, 3.05) is 26.2 Å². The molecular weight excluding hydrogens is 387 g/mol. The first-order valence-electron chi connectivity index (χ1n) is 7.59. The zero-order valence-corrected chi connectivity index (χ0v) is 16.1. The van der Waals surface area contributed by atoms with Crippen LogP contribution in [-0.2, 0) is 0 Å². The van der Waals surface area contributed by atoms with Gasteiger partial charge in [0.05, 0.1) is 0 Å². The number of hydrogen-bond donors (Lipinski definition) is 2. The largest absolute Gasteiger partial charge is 0.507 e. The number of aryl methyl sites for hydroxylation is 1. The maximum absolute atomic E-state index is 10.5. The quantitative estimate of drug-likeness (QED) is 0.784. The Bertz CT molecular complexity index is 491. The Morgan fingerprint density at radius 3 is 2.50 bits per heavy atom. The van der Waals surface area contributed by atoms with Gasteiger partial charge >= 0.3 is 0 Å². The van der Waals surface area contributed by atoms with E-state index < -0.39 is 0 Å². The van der Waals surface area contributed by atoms with Crippen molar-refractivity contribution in [3.05, 3.63) is 27.7 Å². The maximum atomic E-state index is 10.5. The molecule has 6 heteroatoms. The van der Waals surface area contributed by atoms with Gasteiger partial charge in [-0.3, -0.25) is 4.90 Å². The summed E-state index contributed by atoms with van der Waals surface area (Å²) in [5.74, 6) is 1.32. The molecule has 0 amide bonds. The summed E-state index contributed by atoms with van der Waals surface area (Å²) in [7, 11) is 0. The lowest BCUT2D eigenvalue weighted by Gasteiger charge is -2.36. The van der Waals surface area contributed by atoms with Gasteiger partial charge < -0.3 is 10.4 Å². The number of phenols is 1. The molecule has 0 spiro atoms. The highest BCUT2D eigenvalue weighted by atomic mass is 79.9. The van der Waals surface area contributed by atoms with E-state index in [-0.39, 0.29) is 24.8 Å². The third kappa shape index (κ3) is 4.51. The Morgan fingerprint density at radius 1 is 1.27 bits per heavy atom. The average Bonchev–Trinajstić information content (AvgIpc) is 3.27. The smallest absolute Gasteiger partial charge is 0.124 e. The maximum Gasteiger partial charge on any atom is 0.124 e. The molecule has 0 unspecified atom stereocenters. The van der Waals surface area contributed by atoms with E-state index in [0.29, 0.717) is 11.8 Å². The van der Waals surface area contributed by atoms with E-state index in [4.69, 9.17) is 0 Å². The Kier molecular flexibility index (Phi) is 7.96. The number of hydrogen-bond acceptors (Lipinski definition) is 3. The van der Waals surface area contributed by atoms with Crippen LogP contribution in [0.2, 0.25) is 0 Å². The van der Waals surface area contributed by atoms with E-state index in [9.17, 15) is 5.11 Å². The van der Waals surface area contributed by atoms with E-state index >= 15 is 0 Å². The predicted octanol–water partition coefficient (Wildman–Crippen LogP) is 4.05. The van der Waals surface area contributed by atoms with Gasteiger partial charge in [-0.2, -0.15) is 0 Å². The highest BCUT2D eigenvalue weighted by Crippen LogP contribution is 2.45. The van der Waals surface area contributed by atoms with Crippen molar-refractivity contribution < 1.29 is 5.11 Å². The molecule has 0 aromatic heterocycles. The summed E-state index contributed by atoms with van der Waals surface area (Å²) in [5.41, 5.74) is 2.07. The monoisotopic (exact) mass is 410 g/mol. The predicted molar refractivity (Wildman–Crippen MR) is 99.6 cm³/mol. The summed E-state index contributed by atoms with van der Waals surface area (Å²) in [6.07, 6.45) is 3.88. The van der Waals surface area contributed by atoms with E-state index in [1.807, 2.05) is 13.0 Å². The van der Waals surface area contributed by atoms with Gasteiger partial charge in [-0.05, 0) is 30.9 Å². The summed E-state index contributed by atoms with van der Waals surface area (Å²) >= 11 is 3.66. The van der Waals surface area contributed by atoms with Gasteiger partial charge in [-0.25, -0.2) is 0 Å². The number of nitrogens with zero attached hydrogens (tertiary/aromatic N) is 1. The molecule has 2 aliphatic rings. The van der Waals surface area contributed by atoms with Gasteiger partial charge in [0.2, 0.25) is 0 Å². The molecule has 1 saturated heterocycles. The molecule has 1 aromatic rings. The van der Waals surface area contributed by atoms with Gasteiger partial charge in [-0.1, -0.05) is 34.8 Å². The number of phenolic OH excluding ortho intramolecular Hbond substituents is 1. The van der Waals surface area contributed by atoms with Crippen molar-refractivity contribution in [1.29, 1.82) is 0 Å². The molecule has 0 radical (unpaired) electrons. The lowest BCUT2D eigenvalue weighted by atomic mass is 9.96. The summed E-state index contributed by atoms with van der Waals surface area (Å²) < 4.78 is 1.05. The minimum absolute atomic E-state index is 0. The summed E-state index contributed by atoms with van der Waals surface area (Å²) in [4.78, 5) is 2.54. The molecule has 0 bridgehead atoms. The lowest BCUT2D eigenvalue weighted by molar-refractivity contribution is 0.157. The lowest BCUT2D eigenvalue weighted by Crippen LogP contribution is -2.45. The minimum atomic E-state index is 0. The standard InChI is InChI=1S/C16H23BrN2O.2ClH/c1-11-2-5-13(17)15(16(11)20)14(10-12-3-4-12)19-8-6-18-7-9-19;;/h2,5,12,14,18,20H,3-4,6-10H2,1H3;2*1H/t14-;;/m0../s1. The molecule has 22 heavy (non-hydrogen) atoms. The normalized spacial score (nSPS) is 19.9. The fourth-order valence-electron chi connectivity index (χ4n) is 3.12. The van der Waals surface area contributed by atoms with Crippen LogP contribution >= 0.6 is 40.7 Å². The van der Waals surface area contributed by atoms with Crippen LogP contribution < -0.4 is 5.32 Å². The van der Waals surface area contributed by atoms with Crippen molar-refractivity contribution in [3.8, 4) is 5.75 Å². The number of aromatic hydroxyl groups is 1. The van der Waals surface area contributed by atoms with E-state index in [1.54, 1.807) is 0 Å². The average molecular weight is 412 g/mol. The second-order valence-electron chi connectivity index (χ2n) is 6.11. The van der Waals surface area contributed by atoms with Crippen LogP contribution in [0.5, 0.6) is 5.75 Å². The van der Waals surface area contributed by atoms with Gasteiger partial charge in [0.25, 0.3) is 0 Å². The number of nitrogens with one attached hydrogen (secondary N) is 1. The van der Waals surface area contributed by atoms with Crippen LogP contribution in [0.25, 0.3) is 0 Å². The van der Waals surface area contributed by atoms with Crippen molar-refractivity contribution in [2.24, 2.45) is 5.92 Å². The van der Waals surface area contributed by atoms with Gasteiger partial charge in [-0.15, -0.1) is 24.8 Å². The molecule has 2 fully saturated rings. The molecular formula is C16H25BrCl2N2O. The molecule has 2 N–H and O–H groups in total. The van der Waals surface area contributed by atoms with Crippen LogP contribution in [0.1, 0.15) is 36.4 Å². The van der Waals surface area contributed by atoms with Gasteiger partial charge in [0.15, 0.2) is 0 Å². The number of halogens is 3. The van der Waals surface area contributed by atoms with Gasteiger partial charge in [0.1, 0.15) is 5.75 Å². The van der Waals surface area contributed by atoms with Crippen molar-refractivity contribution in [2.45, 2.75) is 32.2 Å². The Morgan fingerprint density at radius 2 is 1.91 bits per heavy atom. The number of rotatable bonds is 4. The second kappa shape index (κ2) is 8.74. The van der Waals surface area contributed by atoms with Crippen LogP contribution in [0.15, 0.2) is 16.6 Å². The third-order valence-corrected chi connectivity index (χ3v) is 5.24. The van der Waals surface area contributed by atoms with Gasteiger partial charge in [0, 0.05) is 42.3 Å². The first-order valence-corrected chi connectivity index (χ1v) is 8.39. The molecule has 1 saturated carbocycles.